The van der Waals surface area contributed by atoms with Gasteiger partial charge < -0.3 is 11.1 Å². The topological polar surface area (TPSA) is 97.6 Å². The third-order valence-electron chi connectivity index (χ3n) is 5.00. The zero-order valence-corrected chi connectivity index (χ0v) is 15.5. The number of benzene rings is 1. The van der Waals surface area contributed by atoms with Crippen LogP contribution in [0.5, 0.6) is 0 Å². The molecule has 0 saturated carbocycles. The van der Waals surface area contributed by atoms with Crippen LogP contribution in [0, 0.1) is 11.3 Å². The Bertz CT molecular complexity index is 1160. The minimum atomic E-state index is -0.188. The highest BCUT2D eigenvalue weighted by molar-refractivity contribution is 5.87. The molecule has 0 aliphatic heterocycles. The number of hydrogen-bond donors (Lipinski definition) is 2. The van der Waals surface area contributed by atoms with Crippen molar-refractivity contribution in [1.29, 1.82) is 5.41 Å². The SMILES string of the molecule is CC(=N)C1C=CC(c2ccc(Cn3cnc4cccnc4c3=O)cc2)=CC1N. The van der Waals surface area contributed by atoms with E-state index in [0.29, 0.717) is 23.3 Å². The summed E-state index contributed by atoms with van der Waals surface area (Å²) in [5, 5.41) is 7.79. The van der Waals surface area contributed by atoms with E-state index in [-0.39, 0.29) is 17.5 Å². The lowest BCUT2D eigenvalue weighted by Crippen LogP contribution is -2.32. The number of nitrogens with zero attached hydrogens (tertiary/aromatic N) is 3. The van der Waals surface area contributed by atoms with Gasteiger partial charge in [-0.3, -0.25) is 9.36 Å². The van der Waals surface area contributed by atoms with Gasteiger partial charge in [-0.1, -0.05) is 42.5 Å². The lowest BCUT2D eigenvalue weighted by molar-refractivity contribution is 0.714. The Morgan fingerprint density at radius 1 is 1.21 bits per heavy atom. The maximum atomic E-state index is 12.6. The van der Waals surface area contributed by atoms with Crippen molar-refractivity contribution in [3.05, 3.63) is 88.6 Å². The first kappa shape index (κ1) is 18.0. The Morgan fingerprint density at radius 3 is 2.71 bits per heavy atom. The number of nitrogens with one attached hydrogen (secondary N) is 1. The third kappa shape index (κ3) is 3.42. The van der Waals surface area contributed by atoms with Gasteiger partial charge in [0, 0.05) is 23.9 Å². The second-order valence-electron chi connectivity index (χ2n) is 7.01. The number of fused-ring (bicyclic) bond motifs is 1. The van der Waals surface area contributed by atoms with Crippen LogP contribution in [0.25, 0.3) is 16.6 Å². The quantitative estimate of drug-likeness (QED) is 0.689. The average molecular weight is 371 g/mol. The summed E-state index contributed by atoms with van der Waals surface area (Å²) in [5.74, 6) is -0.0380. The maximum Gasteiger partial charge on any atom is 0.280 e. The molecule has 140 valence electrons. The standard InChI is InChI=1S/C22H21N5O/c1-14(23)18-9-8-17(11-19(18)24)16-6-4-15(5-7-16)12-27-13-26-20-3-2-10-25-21(20)22(27)28/h2-11,13,18-19,23H,12,24H2,1H3. The Kier molecular flexibility index (Phi) is 4.71. The van der Waals surface area contributed by atoms with Crippen molar-refractivity contribution in [2.75, 3.05) is 0 Å². The third-order valence-corrected chi connectivity index (χ3v) is 5.00. The first-order valence-electron chi connectivity index (χ1n) is 9.13. The Balaban J connectivity index is 1.56. The normalized spacial score (nSPS) is 18.9. The van der Waals surface area contributed by atoms with E-state index in [9.17, 15) is 4.79 Å². The summed E-state index contributed by atoms with van der Waals surface area (Å²) in [6.45, 7) is 2.21. The molecular formula is C22H21N5O. The molecule has 4 rings (SSSR count). The molecule has 0 spiro atoms. The van der Waals surface area contributed by atoms with E-state index in [1.807, 2.05) is 42.5 Å². The van der Waals surface area contributed by atoms with E-state index in [2.05, 4.69) is 9.97 Å². The molecule has 1 aromatic carbocycles. The predicted molar refractivity (Wildman–Crippen MR) is 111 cm³/mol. The van der Waals surface area contributed by atoms with Crippen LogP contribution < -0.4 is 11.3 Å². The Labute approximate surface area is 162 Å². The smallest absolute Gasteiger partial charge is 0.280 e. The number of nitrogens with two attached hydrogens (primary N) is 1. The first-order valence-corrected chi connectivity index (χ1v) is 9.13. The van der Waals surface area contributed by atoms with Gasteiger partial charge in [-0.2, -0.15) is 0 Å². The summed E-state index contributed by atoms with van der Waals surface area (Å²) in [5.41, 5.74) is 10.7. The Morgan fingerprint density at radius 2 is 2.00 bits per heavy atom. The second kappa shape index (κ2) is 7.32. The molecule has 2 atom stereocenters. The highest BCUT2D eigenvalue weighted by Gasteiger charge is 2.19. The minimum Gasteiger partial charge on any atom is -0.324 e. The highest BCUT2D eigenvalue weighted by atomic mass is 16.1. The fourth-order valence-corrected chi connectivity index (χ4v) is 3.43. The summed E-state index contributed by atoms with van der Waals surface area (Å²) < 4.78 is 1.57. The molecule has 0 bridgehead atoms. The predicted octanol–water partition coefficient (Wildman–Crippen LogP) is 2.78. The molecule has 1 aliphatic rings. The molecule has 1 aliphatic carbocycles. The highest BCUT2D eigenvalue weighted by Crippen LogP contribution is 2.24. The van der Waals surface area contributed by atoms with Crippen molar-refractivity contribution in [3.8, 4) is 0 Å². The Hall–Kier alpha value is -3.38. The van der Waals surface area contributed by atoms with Gasteiger partial charge in [0.25, 0.3) is 5.56 Å². The van der Waals surface area contributed by atoms with E-state index in [0.717, 1.165) is 16.7 Å². The summed E-state index contributed by atoms with van der Waals surface area (Å²) in [4.78, 5) is 21.0. The fourth-order valence-electron chi connectivity index (χ4n) is 3.43. The molecule has 2 unspecified atom stereocenters. The molecule has 6 nitrogen and oxygen atoms in total. The van der Waals surface area contributed by atoms with E-state index >= 15 is 0 Å². The van der Waals surface area contributed by atoms with Gasteiger partial charge in [0.15, 0.2) is 5.52 Å². The monoisotopic (exact) mass is 371 g/mol. The molecule has 2 aromatic heterocycles. The van der Waals surface area contributed by atoms with Crippen LogP contribution in [0.3, 0.4) is 0 Å². The maximum absolute atomic E-state index is 12.6. The molecular weight excluding hydrogens is 350 g/mol. The average Bonchev–Trinajstić information content (AvgIpc) is 2.70. The van der Waals surface area contributed by atoms with E-state index in [1.54, 1.807) is 36.1 Å². The summed E-state index contributed by atoms with van der Waals surface area (Å²) in [6.07, 6.45) is 9.17. The summed E-state index contributed by atoms with van der Waals surface area (Å²) in [7, 11) is 0. The molecule has 0 saturated heterocycles. The van der Waals surface area contributed by atoms with Crippen molar-refractivity contribution >= 4 is 22.3 Å². The van der Waals surface area contributed by atoms with Gasteiger partial charge >= 0.3 is 0 Å². The van der Waals surface area contributed by atoms with Crippen LogP contribution in [0.2, 0.25) is 0 Å². The van der Waals surface area contributed by atoms with E-state index in [4.69, 9.17) is 11.1 Å². The number of allylic oxidation sites excluding steroid dienone is 2. The van der Waals surface area contributed by atoms with Crippen LogP contribution in [0.4, 0.5) is 0 Å². The largest absolute Gasteiger partial charge is 0.324 e. The lowest BCUT2D eigenvalue weighted by Gasteiger charge is -2.22. The first-order chi connectivity index (χ1) is 13.5. The zero-order valence-electron chi connectivity index (χ0n) is 15.5. The van der Waals surface area contributed by atoms with Crippen molar-refractivity contribution < 1.29 is 0 Å². The number of aromatic nitrogens is 3. The zero-order chi connectivity index (χ0) is 19.7. The fraction of sp³-hybridized carbons (Fsp3) is 0.182. The molecule has 0 amide bonds. The van der Waals surface area contributed by atoms with Gasteiger partial charge in [0.1, 0.15) is 0 Å². The van der Waals surface area contributed by atoms with Crippen molar-refractivity contribution in [3.63, 3.8) is 0 Å². The number of pyridine rings is 1. The van der Waals surface area contributed by atoms with Crippen molar-refractivity contribution in [2.45, 2.75) is 19.5 Å². The molecule has 0 fully saturated rings. The van der Waals surface area contributed by atoms with Crippen LogP contribution in [-0.4, -0.2) is 26.3 Å². The van der Waals surface area contributed by atoms with E-state index in [1.165, 1.54) is 0 Å². The molecule has 6 heteroatoms. The van der Waals surface area contributed by atoms with Crippen molar-refractivity contribution in [1.82, 2.24) is 14.5 Å². The van der Waals surface area contributed by atoms with Gasteiger partial charge in [0.2, 0.25) is 0 Å². The molecule has 28 heavy (non-hydrogen) atoms. The lowest BCUT2D eigenvalue weighted by atomic mass is 9.87. The molecule has 0 radical (unpaired) electrons. The minimum absolute atomic E-state index is 0.0380. The summed E-state index contributed by atoms with van der Waals surface area (Å²) >= 11 is 0. The number of rotatable bonds is 4. The van der Waals surface area contributed by atoms with Crippen LogP contribution in [0.1, 0.15) is 18.1 Å². The second-order valence-corrected chi connectivity index (χ2v) is 7.01. The van der Waals surface area contributed by atoms with Gasteiger partial charge in [-0.15, -0.1) is 0 Å². The van der Waals surface area contributed by atoms with Gasteiger partial charge in [-0.25, -0.2) is 9.97 Å². The van der Waals surface area contributed by atoms with Gasteiger partial charge in [-0.05, 0) is 35.8 Å². The van der Waals surface area contributed by atoms with Gasteiger partial charge in [0.05, 0.1) is 18.4 Å². The van der Waals surface area contributed by atoms with Crippen LogP contribution >= 0.6 is 0 Å². The molecule has 3 aromatic rings. The van der Waals surface area contributed by atoms with Crippen LogP contribution in [0.15, 0.2) is 71.9 Å². The molecule has 2 heterocycles. The van der Waals surface area contributed by atoms with E-state index < -0.39 is 0 Å². The summed E-state index contributed by atoms with van der Waals surface area (Å²) in [6, 6.07) is 11.4. The molecule has 3 N–H and O–H groups in total. The van der Waals surface area contributed by atoms with Crippen LogP contribution in [-0.2, 0) is 6.54 Å². The number of hydrogen-bond acceptors (Lipinski definition) is 5. The van der Waals surface area contributed by atoms with Crippen molar-refractivity contribution in [2.24, 2.45) is 11.7 Å².